The van der Waals surface area contributed by atoms with Crippen LogP contribution >= 0.6 is 0 Å². The fourth-order valence-corrected chi connectivity index (χ4v) is 1.66. The number of hydrogen-bond acceptors (Lipinski definition) is 2. The Morgan fingerprint density at radius 3 is 2.46 bits per heavy atom. The predicted octanol–water partition coefficient (Wildman–Crippen LogP) is 2.56. The standard InChI is InChI=1S/C11H13NO/c1-8-11(12-9(2)13-8)10-6-4-3-5-7-10/h3-8,11H,1-2H3/t8-,11+/m1/s1. The van der Waals surface area contributed by atoms with Crippen molar-refractivity contribution in [2.24, 2.45) is 4.99 Å². The summed E-state index contributed by atoms with van der Waals surface area (Å²) in [6.07, 6.45) is 0.169. The summed E-state index contributed by atoms with van der Waals surface area (Å²) in [5.41, 5.74) is 1.23. The molecule has 2 nitrogen and oxygen atoms in total. The summed E-state index contributed by atoms with van der Waals surface area (Å²) in [7, 11) is 0. The molecule has 0 amide bonds. The molecular formula is C11H13NO. The SMILES string of the molecule is CC1=N[C@H](c2ccccc2)[C@@H](C)O1. The topological polar surface area (TPSA) is 21.6 Å². The average Bonchev–Trinajstić information content (AvgIpc) is 2.47. The van der Waals surface area contributed by atoms with Gasteiger partial charge in [-0.2, -0.15) is 0 Å². The van der Waals surface area contributed by atoms with Crippen molar-refractivity contribution >= 4 is 5.90 Å². The molecule has 2 atom stereocenters. The van der Waals surface area contributed by atoms with Gasteiger partial charge in [-0.1, -0.05) is 30.3 Å². The van der Waals surface area contributed by atoms with Crippen molar-refractivity contribution in [2.75, 3.05) is 0 Å². The van der Waals surface area contributed by atoms with Crippen LogP contribution in [0.1, 0.15) is 25.5 Å². The Kier molecular flexibility index (Phi) is 2.05. The molecule has 0 saturated heterocycles. The van der Waals surface area contributed by atoms with Crippen LogP contribution in [0.5, 0.6) is 0 Å². The van der Waals surface area contributed by atoms with Gasteiger partial charge in [0.1, 0.15) is 12.1 Å². The maximum absolute atomic E-state index is 5.48. The molecular weight excluding hydrogens is 162 g/mol. The van der Waals surface area contributed by atoms with Crippen LogP contribution < -0.4 is 0 Å². The number of hydrogen-bond donors (Lipinski definition) is 0. The van der Waals surface area contributed by atoms with Crippen LogP contribution in [0.3, 0.4) is 0 Å². The lowest BCUT2D eigenvalue weighted by Crippen LogP contribution is -2.10. The maximum Gasteiger partial charge on any atom is 0.181 e. The Morgan fingerprint density at radius 1 is 1.23 bits per heavy atom. The highest BCUT2D eigenvalue weighted by molar-refractivity contribution is 5.75. The lowest BCUT2D eigenvalue weighted by molar-refractivity contribution is 0.212. The van der Waals surface area contributed by atoms with Gasteiger partial charge in [-0.15, -0.1) is 0 Å². The molecule has 0 aromatic heterocycles. The second-order valence-corrected chi connectivity index (χ2v) is 3.33. The first kappa shape index (κ1) is 8.30. The Balaban J connectivity index is 2.27. The highest BCUT2D eigenvalue weighted by Crippen LogP contribution is 2.28. The third-order valence-electron chi connectivity index (χ3n) is 2.26. The van der Waals surface area contributed by atoms with Crippen LogP contribution in [0.2, 0.25) is 0 Å². The van der Waals surface area contributed by atoms with Crippen molar-refractivity contribution in [3.05, 3.63) is 35.9 Å². The van der Waals surface area contributed by atoms with E-state index in [1.807, 2.05) is 25.1 Å². The highest BCUT2D eigenvalue weighted by atomic mass is 16.5. The molecule has 1 heterocycles. The zero-order chi connectivity index (χ0) is 9.26. The third-order valence-corrected chi connectivity index (χ3v) is 2.26. The first-order chi connectivity index (χ1) is 6.27. The lowest BCUT2D eigenvalue weighted by Gasteiger charge is -2.12. The van der Waals surface area contributed by atoms with E-state index < -0.39 is 0 Å². The Bertz CT molecular complexity index is 318. The van der Waals surface area contributed by atoms with Gasteiger partial charge in [-0.05, 0) is 12.5 Å². The number of nitrogens with zero attached hydrogens (tertiary/aromatic N) is 1. The van der Waals surface area contributed by atoms with E-state index in [-0.39, 0.29) is 12.1 Å². The van der Waals surface area contributed by atoms with Gasteiger partial charge in [0.2, 0.25) is 0 Å². The number of ether oxygens (including phenoxy) is 1. The first-order valence-corrected chi connectivity index (χ1v) is 4.53. The van der Waals surface area contributed by atoms with E-state index in [1.165, 1.54) is 5.56 Å². The van der Waals surface area contributed by atoms with E-state index in [1.54, 1.807) is 0 Å². The molecule has 1 aliphatic rings. The smallest absolute Gasteiger partial charge is 0.181 e. The van der Waals surface area contributed by atoms with Gasteiger partial charge in [0, 0.05) is 6.92 Å². The molecule has 0 radical (unpaired) electrons. The second-order valence-electron chi connectivity index (χ2n) is 3.33. The largest absolute Gasteiger partial charge is 0.476 e. The molecule has 1 aromatic rings. The van der Waals surface area contributed by atoms with Gasteiger partial charge >= 0.3 is 0 Å². The minimum absolute atomic E-state index is 0.169. The number of rotatable bonds is 1. The zero-order valence-electron chi connectivity index (χ0n) is 7.90. The summed E-state index contributed by atoms with van der Waals surface area (Å²) in [6, 6.07) is 10.4. The average molecular weight is 175 g/mol. The maximum atomic E-state index is 5.48. The second kappa shape index (κ2) is 3.21. The predicted molar refractivity (Wildman–Crippen MR) is 52.8 cm³/mol. The Morgan fingerprint density at radius 2 is 1.92 bits per heavy atom. The fourth-order valence-electron chi connectivity index (χ4n) is 1.66. The summed E-state index contributed by atoms with van der Waals surface area (Å²) < 4.78 is 5.48. The molecule has 0 spiro atoms. The summed E-state index contributed by atoms with van der Waals surface area (Å²) in [5.74, 6) is 0.793. The van der Waals surface area contributed by atoms with E-state index >= 15 is 0 Å². The normalized spacial score (nSPS) is 26.8. The van der Waals surface area contributed by atoms with Gasteiger partial charge in [-0.3, -0.25) is 0 Å². The van der Waals surface area contributed by atoms with E-state index in [9.17, 15) is 0 Å². The minimum atomic E-state index is 0.169. The summed E-state index contributed by atoms with van der Waals surface area (Å²) in [4.78, 5) is 4.43. The van der Waals surface area contributed by atoms with Crippen molar-refractivity contribution in [1.29, 1.82) is 0 Å². The highest BCUT2D eigenvalue weighted by Gasteiger charge is 2.25. The molecule has 1 aromatic carbocycles. The van der Waals surface area contributed by atoms with Crippen LogP contribution in [-0.2, 0) is 4.74 Å². The Hall–Kier alpha value is -1.31. The molecule has 2 rings (SSSR count). The summed E-state index contributed by atoms with van der Waals surface area (Å²) >= 11 is 0. The monoisotopic (exact) mass is 175 g/mol. The van der Waals surface area contributed by atoms with E-state index in [2.05, 4.69) is 24.0 Å². The van der Waals surface area contributed by atoms with Gasteiger partial charge in [-0.25, -0.2) is 4.99 Å². The van der Waals surface area contributed by atoms with Crippen LogP contribution in [0.15, 0.2) is 35.3 Å². The summed E-state index contributed by atoms with van der Waals surface area (Å²) in [5, 5.41) is 0. The molecule has 0 aliphatic carbocycles. The molecule has 1 aliphatic heterocycles. The summed E-state index contributed by atoms with van der Waals surface area (Å²) in [6.45, 7) is 3.96. The van der Waals surface area contributed by atoms with Crippen molar-refractivity contribution in [3.63, 3.8) is 0 Å². The third kappa shape index (κ3) is 1.57. The molecule has 0 bridgehead atoms. The first-order valence-electron chi connectivity index (χ1n) is 4.53. The van der Waals surface area contributed by atoms with Gasteiger partial charge in [0.15, 0.2) is 5.90 Å². The van der Waals surface area contributed by atoms with Crippen molar-refractivity contribution in [3.8, 4) is 0 Å². The van der Waals surface area contributed by atoms with Crippen molar-refractivity contribution < 1.29 is 4.74 Å². The molecule has 68 valence electrons. The molecule has 2 heteroatoms. The van der Waals surface area contributed by atoms with Gasteiger partial charge < -0.3 is 4.74 Å². The minimum Gasteiger partial charge on any atom is -0.476 e. The van der Waals surface area contributed by atoms with Gasteiger partial charge in [0.05, 0.1) is 0 Å². The van der Waals surface area contributed by atoms with Crippen molar-refractivity contribution in [2.45, 2.75) is 26.0 Å². The lowest BCUT2D eigenvalue weighted by atomic mass is 10.0. The number of aliphatic imine (C=N–C) groups is 1. The van der Waals surface area contributed by atoms with Crippen LogP contribution in [0.4, 0.5) is 0 Å². The van der Waals surface area contributed by atoms with Crippen LogP contribution in [-0.4, -0.2) is 12.0 Å². The molecule has 0 fully saturated rings. The van der Waals surface area contributed by atoms with Crippen molar-refractivity contribution in [1.82, 2.24) is 0 Å². The molecule has 0 unspecified atom stereocenters. The van der Waals surface area contributed by atoms with E-state index in [4.69, 9.17) is 4.74 Å². The zero-order valence-corrected chi connectivity index (χ0v) is 7.90. The quantitative estimate of drug-likeness (QED) is 0.642. The van der Waals surface area contributed by atoms with Crippen LogP contribution in [0.25, 0.3) is 0 Å². The Labute approximate surface area is 78.3 Å². The van der Waals surface area contributed by atoms with Gasteiger partial charge in [0.25, 0.3) is 0 Å². The van der Waals surface area contributed by atoms with Crippen LogP contribution in [0, 0.1) is 0 Å². The van der Waals surface area contributed by atoms with E-state index in [0.29, 0.717) is 0 Å². The fraction of sp³-hybridized carbons (Fsp3) is 0.364. The number of benzene rings is 1. The molecule has 0 N–H and O–H groups in total. The molecule has 13 heavy (non-hydrogen) atoms. The van der Waals surface area contributed by atoms with E-state index in [0.717, 1.165) is 5.90 Å². The molecule has 0 saturated carbocycles.